The lowest BCUT2D eigenvalue weighted by molar-refractivity contribution is -0.133. The van der Waals surface area contributed by atoms with Crippen molar-refractivity contribution in [3.8, 4) is 0 Å². The van der Waals surface area contributed by atoms with Gasteiger partial charge < -0.3 is 4.90 Å². The minimum Gasteiger partial charge on any atom is -0.332 e. The Bertz CT molecular complexity index is 1120. The molecule has 3 rings (SSSR count). The standard InChI is InChI=1S/C25H30N2O3S2/c1-20-12-14-23(15-13-20)32(29,30)27(25(2,3)4)19-24(28)26(18-22-11-8-16-31-22)17-21-9-6-5-7-10-21/h5-16H,17-19H2,1-4H3. The van der Waals surface area contributed by atoms with Crippen LogP contribution in [-0.2, 0) is 27.9 Å². The number of amides is 1. The number of carbonyl (C=O) groups is 1. The average molecular weight is 471 g/mol. The van der Waals surface area contributed by atoms with E-state index in [2.05, 4.69) is 0 Å². The molecule has 0 unspecified atom stereocenters. The van der Waals surface area contributed by atoms with Crippen LogP contribution in [0.3, 0.4) is 0 Å². The monoisotopic (exact) mass is 470 g/mol. The van der Waals surface area contributed by atoms with E-state index >= 15 is 0 Å². The summed E-state index contributed by atoms with van der Waals surface area (Å²) in [6.45, 7) is 7.98. The van der Waals surface area contributed by atoms with Crippen LogP contribution in [-0.4, -0.2) is 35.6 Å². The van der Waals surface area contributed by atoms with E-state index in [0.29, 0.717) is 13.1 Å². The van der Waals surface area contributed by atoms with Gasteiger partial charge in [-0.3, -0.25) is 4.79 Å². The summed E-state index contributed by atoms with van der Waals surface area (Å²) in [7, 11) is -3.85. The van der Waals surface area contributed by atoms with Crippen molar-refractivity contribution in [3.63, 3.8) is 0 Å². The zero-order valence-electron chi connectivity index (χ0n) is 19.0. The molecule has 0 radical (unpaired) electrons. The highest BCUT2D eigenvalue weighted by Gasteiger charge is 2.36. The van der Waals surface area contributed by atoms with Crippen LogP contribution in [0.4, 0.5) is 0 Å². The maximum Gasteiger partial charge on any atom is 0.244 e. The van der Waals surface area contributed by atoms with Gasteiger partial charge in [-0.2, -0.15) is 4.31 Å². The minimum absolute atomic E-state index is 0.193. The van der Waals surface area contributed by atoms with Gasteiger partial charge in [0.25, 0.3) is 0 Å². The van der Waals surface area contributed by atoms with Crippen molar-refractivity contribution in [3.05, 3.63) is 88.1 Å². The zero-order valence-corrected chi connectivity index (χ0v) is 20.6. The number of rotatable bonds is 8. The van der Waals surface area contributed by atoms with Crippen LogP contribution in [0.25, 0.3) is 0 Å². The summed E-state index contributed by atoms with van der Waals surface area (Å²) in [6.07, 6.45) is 0. The first-order chi connectivity index (χ1) is 15.1. The van der Waals surface area contributed by atoms with E-state index in [1.165, 1.54) is 4.31 Å². The summed E-state index contributed by atoms with van der Waals surface area (Å²) in [4.78, 5) is 16.5. The Labute approximate surface area is 195 Å². The molecule has 3 aromatic rings. The lowest BCUT2D eigenvalue weighted by Crippen LogP contribution is -2.50. The third-order valence-corrected chi connectivity index (χ3v) is 8.12. The van der Waals surface area contributed by atoms with E-state index in [9.17, 15) is 13.2 Å². The van der Waals surface area contributed by atoms with Gasteiger partial charge in [-0.05, 0) is 56.8 Å². The lowest BCUT2D eigenvalue weighted by atomic mass is 10.1. The zero-order chi connectivity index (χ0) is 23.4. The van der Waals surface area contributed by atoms with Crippen LogP contribution in [0.2, 0.25) is 0 Å². The largest absolute Gasteiger partial charge is 0.332 e. The van der Waals surface area contributed by atoms with E-state index in [1.54, 1.807) is 40.5 Å². The van der Waals surface area contributed by atoms with Crippen LogP contribution in [0.1, 0.15) is 36.8 Å². The van der Waals surface area contributed by atoms with Crippen molar-refractivity contribution in [2.24, 2.45) is 0 Å². The van der Waals surface area contributed by atoms with Gasteiger partial charge in [0.1, 0.15) is 0 Å². The number of carbonyl (C=O) groups excluding carboxylic acids is 1. The Balaban J connectivity index is 1.90. The molecule has 1 heterocycles. The topological polar surface area (TPSA) is 57.7 Å². The first-order valence-corrected chi connectivity index (χ1v) is 12.8. The molecule has 0 N–H and O–H groups in total. The minimum atomic E-state index is -3.85. The molecule has 0 saturated heterocycles. The fourth-order valence-corrected chi connectivity index (χ4v) is 5.83. The molecule has 32 heavy (non-hydrogen) atoms. The molecular formula is C25H30N2O3S2. The molecule has 0 aliphatic carbocycles. The average Bonchev–Trinajstić information content (AvgIpc) is 3.24. The van der Waals surface area contributed by atoms with E-state index in [0.717, 1.165) is 16.0 Å². The molecule has 2 aromatic carbocycles. The van der Waals surface area contributed by atoms with E-state index in [1.807, 2.05) is 75.5 Å². The second kappa shape index (κ2) is 9.98. The molecular weight excluding hydrogens is 440 g/mol. The van der Waals surface area contributed by atoms with Crippen molar-refractivity contribution in [2.45, 2.75) is 51.2 Å². The Kier molecular flexibility index (Phi) is 7.54. The first-order valence-electron chi connectivity index (χ1n) is 10.5. The predicted molar refractivity (Wildman–Crippen MR) is 130 cm³/mol. The number of hydrogen-bond donors (Lipinski definition) is 0. The molecule has 0 spiro atoms. The molecule has 7 heteroatoms. The third kappa shape index (κ3) is 6.06. The molecule has 0 aliphatic rings. The second-order valence-corrected chi connectivity index (χ2v) is 11.7. The van der Waals surface area contributed by atoms with Gasteiger partial charge in [-0.15, -0.1) is 11.3 Å². The summed E-state index contributed by atoms with van der Waals surface area (Å²) in [6, 6.07) is 20.4. The van der Waals surface area contributed by atoms with Crippen LogP contribution < -0.4 is 0 Å². The normalized spacial score (nSPS) is 12.2. The van der Waals surface area contributed by atoms with Crippen molar-refractivity contribution < 1.29 is 13.2 Å². The maximum atomic E-state index is 13.5. The molecule has 0 atom stereocenters. The van der Waals surface area contributed by atoms with Crippen molar-refractivity contribution >= 4 is 27.3 Å². The molecule has 1 aromatic heterocycles. The number of aryl methyl sites for hydroxylation is 1. The fourth-order valence-electron chi connectivity index (χ4n) is 3.37. The van der Waals surface area contributed by atoms with Crippen LogP contribution in [0, 0.1) is 6.92 Å². The van der Waals surface area contributed by atoms with Gasteiger partial charge in [0.15, 0.2) is 0 Å². The second-order valence-electron chi connectivity index (χ2n) is 8.81. The molecule has 1 amide bonds. The molecule has 0 bridgehead atoms. The van der Waals surface area contributed by atoms with Crippen LogP contribution in [0.15, 0.2) is 77.0 Å². The van der Waals surface area contributed by atoms with Gasteiger partial charge in [0.05, 0.1) is 18.0 Å². The number of hydrogen-bond acceptors (Lipinski definition) is 4. The van der Waals surface area contributed by atoms with Crippen molar-refractivity contribution in [1.29, 1.82) is 0 Å². The van der Waals surface area contributed by atoms with Crippen LogP contribution in [0.5, 0.6) is 0 Å². The third-order valence-electron chi connectivity index (χ3n) is 5.13. The quantitative estimate of drug-likeness (QED) is 0.462. The Morgan fingerprint density at radius 3 is 2.12 bits per heavy atom. The van der Waals surface area contributed by atoms with Gasteiger partial charge in [0.2, 0.25) is 15.9 Å². The van der Waals surface area contributed by atoms with Gasteiger partial charge in [-0.25, -0.2) is 8.42 Å². The van der Waals surface area contributed by atoms with E-state index in [4.69, 9.17) is 0 Å². The molecule has 0 fully saturated rings. The number of thiophene rings is 1. The maximum absolute atomic E-state index is 13.5. The van der Waals surface area contributed by atoms with Crippen LogP contribution >= 0.6 is 11.3 Å². The van der Waals surface area contributed by atoms with Crippen molar-refractivity contribution in [2.75, 3.05) is 6.54 Å². The summed E-state index contributed by atoms with van der Waals surface area (Å²) in [5.74, 6) is -0.229. The SMILES string of the molecule is Cc1ccc(S(=O)(=O)N(CC(=O)N(Cc2ccccc2)Cc2cccs2)C(C)(C)C)cc1. The smallest absolute Gasteiger partial charge is 0.244 e. The summed E-state index contributed by atoms with van der Waals surface area (Å²) >= 11 is 1.58. The van der Waals surface area contributed by atoms with E-state index < -0.39 is 15.6 Å². The number of sulfonamides is 1. The predicted octanol–water partition coefficient (Wildman–Crippen LogP) is 5.07. The summed E-state index contributed by atoms with van der Waals surface area (Å²) in [5, 5.41) is 1.98. The number of benzene rings is 2. The highest BCUT2D eigenvalue weighted by atomic mass is 32.2. The molecule has 0 saturated carbocycles. The lowest BCUT2D eigenvalue weighted by Gasteiger charge is -2.35. The fraction of sp³-hybridized carbons (Fsp3) is 0.320. The highest BCUT2D eigenvalue weighted by Crippen LogP contribution is 2.25. The van der Waals surface area contributed by atoms with Crippen molar-refractivity contribution in [1.82, 2.24) is 9.21 Å². The Hall–Kier alpha value is -2.48. The Morgan fingerprint density at radius 2 is 1.56 bits per heavy atom. The van der Waals surface area contributed by atoms with Gasteiger partial charge in [-0.1, -0.05) is 54.1 Å². The molecule has 5 nitrogen and oxygen atoms in total. The molecule has 170 valence electrons. The van der Waals surface area contributed by atoms with Gasteiger partial charge in [0, 0.05) is 17.0 Å². The van der Waals surface area contributed by atoms with Gasteiger partial charge >= 0.3 is 0 Å². The molecule has 0 aliphatic heterocycles. The highest BCUT2D eigenvalue weighted by molar-refractivity contribution is 7.89. The summed E-state index contributed by atoms with van der Waals surface area (Å²) < 4.78 is 28.3. The first kappa shape index (κ1) is 24.2. The van der Waals surface area contributed by atoms with E-state index in [-0.39, 0.29) is 17.3 Å². The summed E-state index contributed by atoms with van der Waals surface area (Å²) in [5.41, 5.74) is 1.22. The number of nitrogens with zero attached hydrogens (tertiary/aromatic N) is 2. The Morgan fingerprint density at radius 1 is 0.906 bits per heavy atom.